The molecule has 2 aromatic heterocycles. The summed E-state index contributed by atoms with van der Waals surface area (Å²) in [6.45, 7) is 0.535. The predicted octanol–water partition coefficient (Wildman–Crippen LogP) is 2.83. The lowest BCUT2D eigenvalue weighted by Crippen LogP contribution is -1.91. The largest absolute Gasteiger partial charge is 0.359 e. The fraction of sp³-hybridized carbons (Fsp3) is 0.0833. The molecule has 2 heterocycles. The monoisotopic (exact) mass is 244 g/mol. The zero-order valence-electron chi connectivity index (χ0n) is 9.10. The molecular weight excluding hydrogens is 232 g/mol. The summed E-state index contributed by atoms with van der Waals surface area (Å²) in [5.74, 6) is 0. The van der Waals surface area contributed by atoms with Crippen LogP contribution in [0.15, 0.2) is 36.7 Å². The lowest BCUT2D eigenvalue weighted by molar-refractivity contribution is 1.10. The number of rotatable bonds is 3. The van der Waals surface area contributed by atoms with Crippen molar-refractivity contribution in [2.75, 3.05) is 5.32 Å². The Morgan fingerprint density at radius 2 is 2.24 bits per heavy atom. The quantitative estimate of drug-likeness (QED) is 0.663. The molecule has 4 nitrogen and oxygen atoms in total. The van der Waals surface area contributed by atoms with Gasteiger partial charge in [-0.05, 0) is 6.07 Å². The number of para-hydroxylation sites is 1. The van der Waals surface area contributed by atoms with Gasteiger partial charge in [0.15, 0.2) is 5.13 Å². The van der Waals surface area contributed by atoms with Gasteiger partial charge in [-0.15, -0.1) is 11.3 Å². The van der Waals surface area contributed by atoms with E-state index < -0.39 is 0 Å². The van der Waals surface area contributed by atoms with Gasteiger partial charge in [-0.3, -0.25) is 0 Å². The number of hydrogen-bond acceptors (Lipinski definition) is 4. The van der Waals surface area contributed by atoms with Crippen LogP contribution in [0.2, 0.25) is 0 Å². The van der Waals surface area contributed by atoms with Crippen molar-refractivity contribution in [2.45, 2.75) is 6.54 Å². The molecule has 0 aliphatic heterocycles. The zero-order chi connectivity index (χ0) is 11.7. The highest BCUT2D eigenvalue weighted by atomic mass is 32.1. The van der Waals surface area contributed by atoms with Crippen molar-refractivity contribution in [3.05, 3.63) is 41.5 Å². The van der Waals surface area contributed by atoms with Crippen molar-refractivity contribution < 1.29 is 0 Å². The molecule has 0 fully saturated rings. The van der Waals surface area contributed by atoms with E-state index >= 15 is 0 Å². The van der Waals surface area contributed by atoms with E-state index in [1.54, 1.807) is 11.3 Å². The minimum absolute atomic E-state index is 0.535. The molecule has 0 radical (unpaired) electrons. The summed E-state index contributed by atoms with van der Waals surface area (Å²) in [5.41, 5.74) is 7.72. The van der Waals surface area contributed by atoms with Gasteiger partial charge >= 0.3 is 0 Å². The number of H-pyrrole nitrogens is 1. The molecule has 0 saturated carbocycles. The normalized spacial score (nSPS) is 10.9. The summed E-state index contributed by atoms with van der Waals surface area (Å²) in [6.07, 6.45) is 3.76. The van der Waals surface area contributed by atoms with Gasteiger partial charge in [-0.25, -0.2) is 4.98 Å². The van der Waals surface area contributed by atoms with Crippen molar-refractivity contribution >= 4 is 33.1 Å². The van der Waals surface area contributed by atoms with Crippen LogP contribution < -0.4 is 11.1 Å². The van der Waals surface area contributed by atoms with Gasteiger partial charge in [0.05, 0.1) is 5.69 Å². The van der Waals surface area contributed by atoms with Crippen molar-refractivity contribution in [3.8, 4) is 0 Å². The average molecular weight is 244 g/mol. The molecule has 4 N–H and O–H groups in total. The maximum absolute atomic E-state index is 5.56. The molecule has 0 bridgehead atoms. The SMILES string of the molecule is NCc1cnc(Nc2c[nH]c3ccccc23)s1. The molecule has 0 amide bonds. The van der Waals surface area contributed by atoms with E-state index in [1.807, 2.05) is 30.6 Å². The average Bonchev–Trinajstić information content (AvgIpc) is 2.97. The minimum Gasteiger partial charge on any atom is -0.359 e. The zero-order valence-corrected chi connectivity index (χ0v) is 9.92. The summed E-state index contributed by atoms with van der Waals surface area (Å²) >= 11 is 1.58. The number of hydrogen-bond donors (Lipinski definition) is 3. The summed E-state index contributed by atoms with van der Waals surface area (Å²) in [4.78, 5) is 8.58. The van der Waals surface area contributed by atoms with Gasteiger partial charge < -0.3 is 16.0 Å². The highest BCUT2D eigenvalue weighted by Gasteiger charge is 2.05. The molecule has 86 valence electrons. The Bertz CT molecular complexity index is 641. The standard InChI is InChI=1S/C12H12N4S/c13-5-8-6-15-12(17-8)16-11-7-14-10-4-2-1-3-9(10)11/h1-4,6-7,14H,5,13H2,(H,15,16). The maximum Gasteiger partial charge on any atom is 0.187 e. The number of nitrogens with one attached hydrogen (secondary N) is 2. The van der Waals surface area contributed by atoms with Crippen molar-refractivity contribution in [1.82, 2.24) is 9.97 Å². The number of aromatic nitrogens is 2. The van der Waals surface area contributed by atoms with Crippen LogP contribution in [0.4, 0.5) is 10.8 Å². The summed E-state index contributed by atoms with van der Waals surface area (Å²) in [5, 5.41) is 5.34. The smallest absolute Gasteiger partial charge is 0.187 e. The summed E-state index contributed by atoms with van der Waals surface area (Å²) < 4.78 is 0. The Kier molecular flexibility index (Phi) is 2.55. The first-order valence-corrected chi connectivity index (χ1v) is 6.16. The lowest BCUT2D eigenvalue weighted by Gasteiger charge is -1.99. The first kappa shape index (κ1) is 10.3. The van der Waals surface area contributed by atoms with E-state index in [-0.39, 0.29) is 0 Å². The maximum atomic E-state index is 5.56. The third kappa shape index (κ3) is 1.90. The highest BCUT2D eigenvalue weighted by Crippen LogP contribution is 2.28. The molecule has 1 aromatic carbocycles. The van der Waals surface area contributed by atoms with Crippen molar-refractivity contribution in [2.24, 2.45) is 5.73 Å². The van der Waals surface area contributed by atoms with Crippen molar-refractivity contribution in [3.63, 3.8) is 0 Å². The van der Waals surface area contributed by atoms with E-state index in [0.29, 0.717) is 6.54 Å². The first-order chi connectivity index (χ1) is 8.36. The van der Waals surface area contributed by atoms with Crippen LogP contribution >= 0.6 is 11.3 Å². The van der Waals surface area contributed by atoms with Crippen LogP contribution in [-0.2, 0) is 6.54 Å². The molecule has 17 heavy (non-hydrogen) atoms. The minimum atomic E-state index is 0.535. The molecule has 0 atom stereocenters. The van der Waals surface area contributed by atoms with Gasteiger partial charge in [0, 0.05) is 34.7 Å². The number of nitrogens with two attached hydrogens (primary N) is 1. The number of fused-ring (bicyclic) bond motifs is 1. The molecule has 0 saturated heterocycles. The first-order valence-electron chi connectivity index (χ1n) is 5.35. The number of benzene rings is 1. The fourth-order valence-electron chi connectivity index (χ4n) is 1.75. The number of aromatic amines is 1. The van der Waals surface area contributed by atoms with E-state index in [1.165, 1.54) is 0 Å². The topological polar surface area (TPSA) is 66.7 Å². The molecule has 3 rings (SSSR count). The predicted molar refractivity (Wildman–Crippen MR) is 71.6 cm³/mol. The summed E-state index contributed by atoms with van der Waals surface area (Å²) in [7, 11) is 0. The Labute approximate surface area is 102 Å². The van der Waals surface area contributed by atoms with E-state index in [9.17, 15) is 0 Å². The van der Waals surface area contributed by atoms with Crippen LogP contribution in [0.25, 0.3) is 10.9 Å². The molecule has 0 spiro atoms. The molecule has 0 unspecified atom stereocenters. The van der Waals surface area contributed by atoms with Crippen molar-refractivity contribution in [1.29, 1.82) is 0 Å². The molecule has 0 aliphatic rings. The Morgan fingerprint density at radius 3 is 3.06 bits per heavy atom. The van der Waals surface area contributed by atoms with E-state index in [4.69, 9.17) is 5.73 Å². The fourth-order valence-corrected chi connectivity index (χ4v) is 2.45. The van der Waals surface area contributed by atoms with Gasteiger partial charge in [0.1, 0.15) is 0 Å². The van der Waals surface area contributed by atoms with Crippen LogP contribution in [0.1, 0.15) is 4.88 Å². The highest BCUT2D eigenvalue weighted by molar-refractivity contribution is 7.15. The second kappa shape index (κ2) is 4.20. The lowest BCUT2D eigenvalue weighted by atomic mass is 10.2. The third-order valence-corrected chi connectivity index (χ3v) is 3.52. The second-order valence-electron chi connectivity index (χ2n) is 3.71. The molecule has 0 aliphatic carbocycles. The van der Waals surface area contributed by atoms with E-state index in [2.05, 4.69) is 21.4 Å². The summed E-state index contributed by atoms with van der Waals surface area (Å²) in [6, 6.07) is 8.16. The third-order valence-electron chi connectivity index (χ3n) is 2.59. The Morgan fingerprint density at radius 1 is 1.35 bits per heavy atom. The Hall–Kier alpha value is -1.85. The van der Waals surface area contributed by atoms with E-state index in [0.717, 1.165) is 26.6 Å². The number of anilines is 2. The molecule has 3 aromatic rings. The van der Waals surface area contributed by atoms with Gasteiger partial charge in [0.25, 0.3) is 0 Å². The van der Waals surface area contributed by atoms with Gasteiger partial charge in [-0.1, -0.05) is 18.2 Å². The second-order valence-corrected chi connectivity index (χ2v) is 4.82. The van der Waals surface area contributed by atoms with Gasteiger partial charge in [0.2, 0.25) is 0 Å². The van der Waals surface area contributed by atoms with Crippen LogP contribution in [-0.4, -0.2) is 9.97 Å². The molecule has 5 heteroatoms. The Balaban J connectivity index is 1.94. The van der Waals surface area contributed by atoms with Crippen LogP contribution in [0, 0.1) is 0 Å². The van der Waals surface area contributed by atoms with Gasteiger partial charge in [-0.2, -0.15) is 0 Å². The number of thiazole rings is 1. The van der Waals surface area contributed by atoms with Crippen LogP contribution in [0.5, 0.6) is 0 Å². The van der Waals surface area contributed by atoms with Crippen LogP contribution in [0.3, 0.4) is 0 Å². The number of nitrogens with zero attached hydrogens (tertiary/aromatic N) is 1. The molecular formula is C12H12N4S.